The van der Waals surface area contributed by atoms with Crippen LogP contribution in [0.1, 0.15) is 26.7 Å². The van der Waals surface area contributed by atoms with Crippen LogP contribution in [0, 0.1) is 0 Å². The van der Waals surface area contributed by atoms with Gasteiger partial charge in [0, 0.05) is 12.6 Å². The van der Waals surface area contributed by atoms with E-state index in [-0.39, 0.29) is 24.4 Å². The summed E-state index contributed by atoms with van der Waals surface area (Å²) in [5.41, 5.74) is -0.840. The van der Waals surface area contributed by atoms with Crippen molar-refractivity contribution in [1.82, 2.24) is 20.9 Å². The van der Waals surface area contributed by atoms with Gasteiger partial charge >= 0.3 is 6.03 Å². The molecule has 3 N–H and O–H groups in total. The third-order valence-electron chi connectivity index (χ3n) is 3.72. The number of carbonyl (C=O) groups is 3. The minimum Gasteiger partial charge on any atom is -0.352 e. The van der Waals surface area contributed by atoms with Crippen LogP contribution in [-0.4, -0.2) is 54.0 Å². The maximum Gasteiger partial charge on any atom is 0.325 e. The molecule has 0 aromatic carbocycles. The molecule has 2 saturated heterocycles. The van der Waals surface area contributed by atoms with Gasteiger partial charge in [-0.1, -0.05) is 6.92 Å². The lowest BCUT2D eigenvalue weighted by molar-refractivity contribution is -0.134. The number of amides is 4. The molecule has 2 aliphatic rings. The van der Waals surface area contributed by atoms with Gasteiger partial charge < -0.3 is 16.0 Å². The van der Waals surface area contributed by atoms with E-state index in [9.17, 15) is 14.4 Å². The van der Waals surface area contributed by atoms with Crippen molar-refractivity contribution in [3.63, 3.8) is 0 Å². The quantitative estimate of drug-likeness (QED) is 0.581. The average molecular weight is 268 g/mol. The first-order valence-corrected chi connectivity index (χ1v) is 6.62. The first kappa shape index (κ1) is 13.8. The van der Waals surface area contributed by atoms with Gasteiger partial charge in [-0.15, -0.1) is 0 Å². The molecule has 4 amide bonds. The van der Waals surface area contributed by atoms with Gasteiger partial charge in [-0.3, -0.25) is 14.5 Å². The second-order valence-corrected chi connectivity index (χ2v) is 5.21. The van der Waals surface area contributed by atoms with Crippen LogP contribution >= 0.6 is 0 Å². The van der Waals surface area contributed by atoms with E-state index in [2.05, 4.69) is 16.0 Å². The summed E-state index contributed by atoms with van der Waals surface area (Å²) in [5, 5.41) is 8.50. The first-order valence-electron chi connectivity index (χ1n) is 6.62. The lowest BCUT2D eigenvalue weighted by atomic mass is 9.99. The molecule has 0 saturated carbocycles. The molecule has 2 atom stereocenters. The minimum absolute atomic E-state index is 0.0374. The van der Waals surface area contributed by atoms with Crippen molar-refractivity contribution in [2.75, 3.05) is 19.6 Å². The van der Waals surface area contributed by atoms with Crippen molar-refractivity contribution < 1.29 is 14.4 Å². The van der Waals surface area contributed by atoms with E-state index in [0.29, 0.717) is 19.5 Å². The monoisotopic (exact) mass is 268 g/mol. The number of imide groups is 1. The fourth-order valence-corrected chi connectivity index (χ4v) is 2.37. The molecule has 106 valence electrons. The van der Waals surface area contributed by atoms with Gasteiger partial charge in [0.2, 0.25) is 5.91 Å². The van der Waals surface area contributed by atoms with Crippen LogP contribution < -0.4 is 16.0 Å². The number of hydrogen-bond donors (Lipinski definition) is 3. The van der Waals surface area contributed by atoms with Gasteiger partial charge in [-0.25, -0.2) is 4.79 Å². The molecule has 0 aliphatic carbocycles. The van der Waals surface area contributed by atoms with Crippen molar-refractivity contribution in [3.8, 4) is 0 Å². The molecule has 2 unspecified atom stereocenters. The third kappa shape index (κ3) is 2.56. The van der Waals surface area contributed by atoms with Crippen LogP contribution in [-0.2, 0) is 9.59 Å². The predicted octanol–water partition coefficient (Wildman–Crippen LogP) is -0.815. The van der Waals surface area contributed by atoms with Crippen LogP contribution in [0.4, 0.5) is 4.79 Å². The van der Waals surface area contributed by atoms with E-state index in [1.165, 1.54) is 0 Å². The summed E-state index contributed by atoms with van der Waals surface area (Å²) in [4.78, 5) is 36.8. The van der Waals surface area contributed by atoms with Crippen molar-refractivity contribution >= 4 is 17.8 Å². The lowest BCUT2D eigenvalue weighted by Crippen LogP contribution is -2.49. The highest BCUT2D eigenvalue weighted by Gasteiger charge is 2.52. The zero-order valence-electron chi connectivity index (χ0n) is 11.3. The van der Waals surface area contributed by atoms with E-state index in [1.807, 2.05) is 13.8 Å². The Labute approximate surface area is 112 Å². The molecular formula is C12H20N4O3. The predicted molar refractivity (Wildman–Crippen MR) is 68.4 cm³/mol. The Morgan fingerprint density at radius 2 is 2.26 bits per heavy atom. The van der Waals surface area contributed by atoms with Gasteiger partial charge in [0.05, 0.1) is 0 Å². The molecule has 0 aromatic rings. The topological polar surface area (TPSA) is 90.5 Å². The van der Waals surface area contributed by atoms with Crippen molar-refractivity contribution in [2.24, 2.45) is 0 Å². The zero-order valence-corrected chi connectivity index (χ0v) is 11.3. The molecule has 2 rings (SSSR count). The van der Waals surface area contributed by atoms with Gasteiger partial charge in [0.25, 0.3) is 5.91 Å². The summed E-state index contributed by atoms with van der Waals surface area (Å²) in [6.45, 7) is 4.75. The molecule has 2 heterocycles. The SMILES string of the molecule is CCC(C)NC(=O)CN1C(=O)NC2(CCNC2)C1=O. The van der Waals surface area contributed by atoms with Crippen LogP contribution in [0.5, 0.6) is 0 Å². The zero-order chi connectivity index (χ0) is 14.0. The minimum atomic E-state index is -0.840. The maximum atomic E-state index is 12.3. The van der Waals surface area contributed by atoms with E-state index in [0.717, 1.165) is 11.3 Å². The highest BCUT2D eigenvalue weighted by molar-refractivity contribution is 6.09. The lowest BCUT2D eigenvalue weighted by Gasteiger charge is -2.19. The number of hydrogen-bond acceptors (Lipinski definition) is 4. The second kappa shape index (κ2) is 5.16. The van der Waals surface area contributed by atoms with Crippen molar-refractivity contribution in [3.05, 3.63) is 0 Å². The first-order chi connectivity index (χ1) is 8.98. The maximum absolute atomic E-state index is 12.3. The standard InChI is InChI=1S/C12H20N4O3/c1-3-8(2)14-9(17)6-16-10(18)12(15-11(16)19)4-5-13-7-12/h8,13H,3-7H2,1-2H3,(H,14,17)(H,15,19). The summed E-state index contributed by atoms with van der Waals surface area (Å²) >= 11 is 0. The second-order valence-electron chi connectivity index (χ2n) is 5.21. The van der Waals surface area contributed by atoms with Crippen LogP contribution in [0.15, 0.2) is 0 Å². The third-order valence-corrected chi connectivity index (χ3v) is 3.72. The van der Waals surface area contributed by atoms with Crippen LogP contribution in [0.2, 0.25) is 0 Å². The Kier molecular flexibility index (Phi) is 3.75. The molecule has 2 aliphatic heterocycles. The number of nitrogens with zero attached hydrogens (tertiary/aromatic N) is 1. The van der Waals surface area contributed by atoms with Crippen molar-refractivity contribution in [1.29, 1.82) is 0 Å². The fraction of sp³-hybridized carbons (Fsp3) is 0.750. The normalized spacial score (nSPS) is 27.8. The summed E-state index contributed by atoms with van der Waals surface area (Å²) in [6, 6.07) is -0.441. The van der Waals surface area contributed by atoms with E-state index >= 15 is 0 Å². The largest absolute Gasteiger partial charge is 0.352 e. The summed E-state index contributed by atoms with van der Waals surface area (Å²) in [6.07, 6.45) is 1.38. The Bertz CT molecular complexity index is 404. The molecule has 2 fully saturated rings. The molecule has 7 heteroatoms. The number of urea groups is 1. The highest BCUT2D eigenvalue weighted by atomic mass is 16.2. The van der Waals surface area contributed by atoms with E-state index < -0.39 is 11.6 Å². The Morgan fingerprint density at radius 3 is 2.84 bits per heavy atom. The van der Waals surface area contributed by atoms with E-state index in [4.69, 9.17) is 0 Å². The summed E-state index contributed by atoms with van der Waals surface area (Å²) in [7, 11) is 0. The number of rotatable bonds is 4. The average Bonchev–Trinajstić information content (AvgIpc) is 2.91. The molecule has 0 bridgehead atoms. The molecule has 1 spiro atoms. The van der Waals surface area contributed by atoms with Crippen LogP contribution in [0.3, 0.4) is 0 Å². The fourth-order valence-electron chi connectivity index (χ4n) is 2.37. The van der Waals surface area contributed by atoms with Crippen molar-refractivity contribution in [2.45, 2.75) is 38.3 Å². The smallest absolute Gasteiger partial charge is 0.325 e. The highest BCUT2D eigenvalue weighted by Crippen LogP contribution is 2.23. The summed E-state index contributed by atoms with van der Waals surface area (Å²) in [5.74, 6) is -0.609. The van der Waals surface area contributed by atoms with E-state index in [1.54, 1.807) is 0 Å². The van der Waals surface area contributed by atoms with Gasteiger partial charge in [-0.05, 0) is 26.3 Å². The molecule has 0 aromatic heterocycles. The Balaban J connectivity index is 1.99. The van der Waals surface area contributed by atoms with Gasteiger partial charge in [-0.2, -0.15) is 0 Å². The van der Waals surface area contributed by atoms with Crippen LogP contribution in [0.25, 0.3) is 0 Å². The van der Waals surface area contributed by atoms with Gasteiger partial charge in [0.1, 0.15) is 12.1 Å². The molecule has 7 nitrogen and oxygen atoms in total. The Morgan fingerprint density at radius 1 is 1.53 bits per heavy atom. The summed E-state index contributed by atoms with van der Waals surface area (Å²) < 4.78 is 0. The molecule has 0 radical (unpaired) electrons. The number of carbonyl (C=O) groups excluding carboxylic acids is 3. The molecular weight excluding hydrogens is 248 g/mol. The van der Waals surface area contributed by atoms with Gasteiger partial charge in [0.15, 0.2) is 0 Å². The number of nitrogens with one attached hydrogen (secondary N) is 3. The molecule has 19 heavy (non-hydrogen) atoms. The Hall–Kier alpha value is -1.63.